The predicted octanol–water partition coefficient (Wildman–Crippen LogP) is 5.11. The molecule has 0 saturated heterocycles. The number of carbonyl (C=O) groups is 1. The van der Waals surface area contributed by atoms with Gasteiger partial charge >= 0.3 is 0 Å². The van der Waals surface area contributed by atoms with Crippen molar-refractivity contribution in [3.8, 4) is 0 Å². The highest BCUT2D eigenvalue weighted by Gasteiger charge is 2.19. The Morgan fingerprint density at radius 1 is 0.931 bits per heavy atom. The van der Waals surface area contributed by atoms with Gasteiger partial charge in [0.2, 0.25) is 5.91 Å². The van der Waals surface area contributed by atoms with E-state index in [1.807, 2.05) is 11.0 Å². The van der Waals surface area contributed by atoms with Gasteiger partial charge in [0.15, 0.2) is 0 Å². The summed E-state index contributed by atoms with van der Waals surface area (Å²) < 4.78 is 2.31. The molecule has 0 radical (unpaired) electrons. The number of aryl methyl sites for hydroxylation is 1. The second kappa shape index (κ2) is 8.83. The van der Waals surface area contributed by atoms with Crippen LogP contribution < -0.4 is 4.90 Å². The third-order valence-electron chi connectivity index (χ3n) is 6.10. The lowest BCUT2D eigenvalue weighted by Gasteiger charge is -2.27. The largest absolute Gasteiger partial charge is 0.346 e. The van der Waals surface area contributed by atoms with Crippen LogP contribution in [-0.2, 0) is 24.9 Å². The summed E-state index contributed by atoms with van der Waals surface area (Å²) in [6, 6.07) is 19.3. The molecule has 0 aliphatic carbocycles. The van der Waals surface area contributed by atoms with Crippen molar-refractivity contribution in [1.82, 2.24) is 9.47 Å². The van der Waals surface area contributed by atoms with Gasteiger partial charge in [-0.15, -0.1) is 0 Å². The van der Waals surface area contributed by atoms with Crippen molar-refractivity contribution < 1.29 is 4.79 Å². The van der Waals surface area contributed by atoms with Crippen LogP contribution in [0.3, 0.4) is 0 Å². The van der Waals surface area contributed by atoms with E-state index in [9.17, 15) is 4.79 Å². The van der Waals surface area contributed by atoms with Gasteiger partial charge in [-0.25, -0.2) is 0 Å². The maximum absolute atomic E-state index is 12.3. The van der Waals surface area contributed by atoms with E-state index < -0.39 is 0 Å². The van der Waals surface area contributed by atoms with Crippen molar-refractivity contribution >= 4 is 22.5 Å². The molecule has 0 fully saturated rings. The highest BCUT2D eigenvalue weighted by Crippen LogP contribution is 2.26. The van der Waals surface area contributed by atoms with E-state index in [4.69, 9.17) is 0 Å². The van der Waals surface area contributed by atoms with E-state index in [0.29, 0.717) is 0 Å². The molecule has 152 valence electrons. The Labute approximate surface area is 173 Å². The summed E-state index contributed by atoms with van der Waals surface area (Å²) in [5.74, 6) is 0.136. The van der Waals surface area contributed by atoms with Gasteiger partial charge in [-0.05, 0) is 48.5 Å². The topological polar surface area (TPSA) is 28.5 Å². The molecule has 2 aromatic carbocycles. The Balaban J connectivity index is 1.65. The number of nitrogens with zero attached hydrogens (tertiary/aromatic N) is 3. The van der Waals surface area contributed by atoms with Gasteiger partial charge < -0.3 is 9.47 Å². The zero-order chi connectivity index (χ0) is 20.2. The third kappa shape index (κ3) is 4.38. The number of anilines is 1. The van der Waals surface area contributed by atoms with Crippen LogP contribution in [0.5, 0.6) is 0 Å². The van der Waals surface area contributed by atoms with Crippen LogP contribution in [0, 0.1) is 0 Å². The van der Waals surface area contributed by atoms with Crippen molar-refractivity contribution in [1.29, 1.82) is 0 Å². The van der Waals surface area contributed by atoms with E-state index >= 15 is 0 Å². The summed E-state index contributed by atoms with van der Waals surface area (Å²) in [6.45, 7) is 5.36. The van der Waals surface area contributed by atoms with Gasteiger partial charge in [0.05, 0.1) is 0 Å². The molecule has 4 rings (SSSR count). The Morgan fingerprint density at radius 2 is 1.66 bits per heavy atom. The van der Waals surface area contributed by atoms with Crippen molar-refractivity contribution in [2.24, 2.45) is 7.05 Å². The van der Waals surface area contributed by atoms with Crippen molar-refractivity contribution in [3.05, 3.63) is 65.9 Å². The lowest BCUT2D eigenvalue weighted by Crippen LogP contribution is -2.31. The molecule has 0 N–H and O–H groups in total. The Bertz CT molecular complexity index is 991. The SMILES string of the molecule is CC(=O)N1CCCCCCN(Cc2cc3ccccc3n2C)Cc2ccccc21. The van der Waals surface area contributed by atoms with Crippen LogP contribution in [-0.4, -0.2) is 28.5 Å². The second-order valence-electron chi connectivity index (χ2n) is 8.18. The van der Waals surface area contributed by atoms with E-state index in [0.717, 1.165) is 38.3 Å². The summed E-state index contributed by atoms with van der Waals surface area (Å²) in [6.07, 6.45) is 4.66. The lowest BCUT2D eigenvalue weighted by molar-refractivity contribution is -0.116. The van der Waals surface area contributed by atoms with E-state index in [1.54, 1.807) is 6.92 Å². The van der Waals surface area contributed by atoms with Crippen molar-refractivity contribution in [3.63, 3.8) is 0 Å². The molecule has 2 heterocycles. The smallest absolute Gasteiger partial charge is 0.223 e. The molecular formula is C25H31N3O. The zero-order valence-corrected chi connectivity index (χ0v) is 17.6. The maximum atomic E-state index is 12.3. The first-order chi connectivity index (χ1) is 14.1. The number of hydrogen-bond acceptors (Lipinski definition) is 2. The number of rotatable bonds is 2. The monoisotopic (exact) mass is 389 g/mol. The third-order valence-corrected chi connectivity index (χ3v) is 6.10. The zero-order valence-electron chi connectivity index (χ0n) is 17.6. The van der Waals surface area contributed by atoms with E-state index in [-0.39, 0.29) is 5.91 Å². The first kappa shape index (κ1) is 19.7. The first-order valence-electron chi connectivity index (χ1n) is 10.7. The van der Waals surface area contributed by atoms with Gasteiger partial charge in [-0.2, -0.15) is 0 Å². The van der Waals surface area contributed by atoms with E-state index in [1.165, 1.54) is 41.4 Å². The molecule has 1 aromatic heterocycles. The van der Waals surface area contributed by atoms with Gasteiger partial charge in [0.25, 0.3) is 0 Å². The fourth-order valence-corrected chi connectivity index (χ4v) is 4.50. The maximum Gasteiger partial charge on any atom is 0.223 e. The van der Waals surface area contributed by atoms with Crippen molar-refractivity contribution in [2.45, 2.75) is 45.7 Å². The molecule has 0 unspecified atom stereocenters. The predicted molar refractivity (Wildman–Crippen MR) is 120 cm³/mol. The molecule has 4 heteroatoms. The minimum Gasteiger partial charge on any atom is -0.346 e. The molecule has 1 amide bonds. The van der Waals surface area contributed by atoms with Crippen LogP contribution in [0.4, 0.5) is 5.69 Å². The summed E-state index contributed by atoms with van der Waals surface area (Å²) in [7, 11) is 2.16. The van der Waals surface area contributed by atoms with Crippen LogP contribution in [0.25, 0.3) is 10.9 Å². The Kier molecular flexibility index (Phi) is 6.00. The fraction of sp³-hybridized carbons (Fsp3) is 0.400. The number of amides is 1. The van der Waals surface area contributed by atoms with Crippen LogP contribution in [0.1, 0.15) is 43.9 Å². The average molecular weight is 390 g/mol. The number of aromatic nitrogens is 1. The molecule has 4 nitrogen and oxygen atoms in total. The average Bonchev–Trinajstić information content (AvgIpc) is 3.01. The molecule has 0 bridgehead atoms. The number of carbonyl (C=O) groups excluding carboxylic acids is 1. The first-order valence-corrected chi connectivity index (χ1v) is 10.7. The fourth-order valence-electron chi connectivity index (χ4n) is 4.50. The van der Waals surface area contributed by atoms with Gasteiger partial charge in [0.1, 0.15) is 0 Å². The van der Waals surface area contributed by atoms with Gasteiger partial charge in [0, 0.05) is 50.5 Å². The summed E-state index contributed by atoms with van der Waals surface area (Å²) in [4.78, 5) is 16.8. The highest BCUT2D eigenvalue weighted by atomic mass is 16.2. The molecule has 3 aromatic rings. The lowest BCUT2D eigenvalue weighted by atomic mass is 10.1. The molecule has 29 heavy (non-hydrogen) atoms. The van der Waals surface area contributed by atoms with Crippen LogP contribution in [0.15, 0.2) is 54.6 Å². The van der Waals surface area contributed by atoms with Crippen LogP contribution >= 0.6 is 0 Å². The quantitative estimate of drug-likeness (QED) is 0.609. The minimum absolute atomic E-state index is 0.136. The number of hydrogen-bond donors (Lipinski definition) is 0. The normalized spacial score (nSPS) is 16.4. The minimum atomic E-state index is 0.136. The Morgan fingerprint density at radius 3 is 2.45 bits per heavy atom. The summed E-state index contributed by atoms with van der Waals surface area (Å²) >= 11 is 0. The highest BCUT2D eigenvalue weighted by molar-refractivity contribution is 5.92. The van der Waals surface area contributed by atoms with E-state index in [2.05, 4.69) is 65.0 Å². The molecule has 1 aliphatic rings. The molecular weight excluding hydrogens is 358 g/mol. The molecule has 0 spiro atoms. The van der Waals surface area contributed by atoms with Gasteiger partial charge in [-0.1, -0.05) is 49.2 Å². The standard InChI is InChI=1S/C25H31N3O/c1-20(29)28-16-10-4-3-9-15-27(18-22-12-6-8-14-25(22)28)19-23-17-21-11-5-7-13-24(21)26(23)2/h5-8,11-14,17H,3-4,9-10,15-16,18-19H2,1-2H3. The van der Waals surface area contributed by atoms with Gasteiger partial charge in [-0.3, -0.25) is 9.69 Å². The number of benzene rings is 2. The second-order valence-corrected chi connectivity index (χ2v) is 8.18. The van der Waals surface area contributed by atoms with Crippen molar-refractivity contribution in [2.75, 3.05) is 18.0 Å². The Hall–Kier alpha value is -2.59. The molecule has 1 aliphatic heterocycles. The number of fused-ring (bicyclic) bond motifs is 2. The summed E-state index contributed by atoms with van der Waals surface area (Å²) in [5, 5.41) is 1.30. The number of para-hydroxylation sites is 2. The van der Waals surface area contributed by atoms with Crippen LogP contribution in [0.2, 0.25) is 0 Å². The molecule has 0 atom stereocenters. The summed E-state index contributed by atoms with van der Waals surface area (Å²) in [5.41, 5.74) is 4.93. The molecule has 0 saturated carbocycles.